The van der Waals surface area contributed by atoms with Crippen LogP contribution in [0, 0.1) is 0 Å². The Morgan fingerprint density at radius 2 is 1.87 bits per heavy atom. The zero-order valence-electron chi connectivity index (χ0n) is 14.1. The third-order valence-corrected chi connectivity index (χ3v) is 4.44. The van der Waals surface area contributed by atoms with Crippen LogP contribution < -0.4 is 10.1 Å². The van der Waals surface area contributed by atoms with Crippen LogP contribution in [0.4, 0.5) is 0 Å². The highest BCUT2D eigenvalue weighted by Crippen LogP contribution is 2.19. The summed E-state index contributed by atoms with van der Waals surface area (Å²) < 4.78 is 17.2. The van der Waals surface area contributed by atoms with E-state index < -0.39 is 10.8 Å². The van der Waals surface area contributed by atoms with Gasteiger partial charge < -0.3 is 10.1 Å². The molecule has 0 spiro atoms. The monoisotopic (exact) mass is 332 g/mol. The van der Waals surface area contributed by atoms with Crippen LogP contribution in [-0.4, -0.2) is 21.6 Å². The van der Waals surface area contributed by atoms with Crippen molar-refractivity contribution in [2.75, 3.05) is 6.26 Å². The van der Waals surface area contributed by atoms with Crippen LogP contribution in [0.15, 0.2) is 47.5 Å². The number of nitrogens with zero attached hydrogens (tertiary/aromatic N) is 1. The Morgan fingerprint density at radius 3 is 2.48 bits per heavy atom. The first-order valence-corrected chi connectivity index (χ1v) is 9.30. The molecule has 1 aromatic carbocycles. The van der Waals surface area contributed by atoms with Crippen LogP contribution in [0.2, 0.25) is 0 Å². The number of aromatic nitrogens is 1. The predicted octanol–water partition coefficient (Wildman–Crippen LogP) is 3.46. The molecule has 1 aromatic heterocycles. The van der Waals surface area contributed by atoms with E-state index in [0.29, 0.717) is 12.4 Å². The molecule has 124 valence electrons. The second kappa shape index (κ2) is 8.22. The average Bonchev–Trinajstić information content (AvgIpc) is 2.53. The Bertz CT molecular complexity index is 656. The number of pyridine rings is 1. The minimum absolute atomic E-state index is 0.100. The van der Waals surface area contributed by atoms with E-state index in [0.717, 1.165) is 16.0 Å². The van der Waals surface area contributed by atoms with Crippen molar-refractivity contribution in [3.63, 3.8) is 0 Å². The van der Waals surface area contributed by atoms with E-state index in [2.05, 4.69) is 17.2 Å². The number of hydrogen-bond acceptors (Lipinski definition) is 4. The van der Waals surface area contributed by atoms with Crippen molar-refractivity contribution in [2.24, 2.45) is 0 Å². The summed E-state index contributed by atoms with van der Waals surface area (Å²) in [6.07, 6.45) is 3.53. The molecule has 4 nitrogen and oxygen atoms in total. The van der Waals surface area contributed by atoms with E-state index in [1.165, 1.54) is 0 Å². The molecule has 2 rings (SSSR count). The number of nitrogens with one attached hydrogen (secondary N) is 1. The molecule has 23 heavy (non-hydrogen) atoms. The topological polar surface area (TPSA) is 51.2 Å². The molecule has 2 aromatic rings. The van der Waals surface area contributed by atoms with Crippen LogP contribution in [0.5, 0.6) is 5.88 Å². The maximum absolute atomic E-state index is 11.4. The first-order chi connectivity index (χ1) is 11.0. The lowest BCUT2D eigenvalue weighted by Crippen LogP contribution is -2.19. The van der Waals surface area contributed by atoms with Gasteiger partial charge >= 0.3 is 0 Å². The van der Waals surface area contributed by atoms with E-state index in [1.54, 1.807) is 12.5 Å². The van der Waals surface area contributed by atoms with Crippen molar-refractivity contribution in [1.82, 2.24) is 10.3 Å². The van der Waals surface area contributed by atoms with Crippen LogP contribution in [0.25, 0.3) is 0 Å². The highest BCUT2D eigenvalue weighted by Gasteiger charge is 2.10. The summed E-state index contributed by atoms with van der Waals surface area (Å²) in [6, 6.07) is 12.0. The van der Waals surface area contributed by atoms with Gasteiger partial charge in [-0.05, 0) is 44.5 Å². The van der Waals surface area contributed by atoms with Gasteiger partial charge in [0.2, 0.25) is 5.88 Å². The molecule has 1 N–H and O–H groups in total. The standard InChI is InChI=1S/C18H24N2O2S/c1-13(2)22-18-16(6-5-11-19-18)12-20-14(3)15-7-9-17(10-8-15)23(4)21/h5-11,13-14,20H,12H2,1-4H3/t14-,23-/m1/s1. The fourth-order valence-electron chi connectivity index (χ4n) is 2.22. The molecule has 0 aliphatic rings. The maximum atomic E-state index is 11.4. The second-order valence-electron chi connectivity index (χ2n) is 5.76. The van der Waals surface area contributed by atoms with Crippen molar-refractivity contribution < 1.29 is 8.95 Å². The molecule has 0 unspecified atom stereocenters. The molecule has 0 aliphatic heterocycles. The maximum Gasteiger partial charge on any atom is 0.218 e. The molecule has 1 heterocycles. The van der Waals surface area contributed by atoms with Crippen molar-refractivity contribution in [2.45, 2.75) is 44.4 Å². The summed E-state index contributed by atoms with van der Waals surface area (Å²) in [5, 5.41) is 3.48. The first-order valence-electron chi connectivity index (χ1n) is 7.74. The minimum Gasteiger partial charge on any atom is -0.475 e. The van der Waals surface area contributed by atoms with Gasteiger partial charge in [-0.1, -0.05) is 18.2 Å². The van der Waals surface area contributed by atoms with Gasteiger partial charge in [0.15, 0.2) is 0 Å². The summed E-state index contributed by atoms with van der Waals surface area (Å²) in [6.45, 7) is 6.78. The van der Waals surface area contributed by atoms with Crippen LogP contribution in [0.3, 0.4) is 0 Å². The third-order valence-electron chi connectivity index (χ3n) is 3.51. The summed E-state index contributed by atoms with van der Waals surface area (Å²) in [5.74, 6) is 0.680. The van der Waals surface area contributed by atoms with Gasteiger partial charge in [0.1, 0.15) is 0 Å². The quantitative estimate of drug-likeness (QED) is 0.844. The Morgan fingerprint density at radius 1 is 1.17 bits per heavy atom. The van der Waals surface area contributed by atoms with E-state index in [-0.39, 0.29) is 12.1 Å². The van der Waals surface area contributed by atoms with E-state index in [9.17, 15) is 4.21 Å². The Balaban J connectivity index is 2.01. The summed E-state index contributed by atoms with van der Waals surface area (Å²) >= 11 is 0. The fourth-order valence-corrected chi connectivity index (χ4v) is 2.74. The highest BCUT2D eigenvalue weighted by molar-refractivity contribution is 7.84. The van der Waals surface area contributed by atoms with Crippen molar-refractivity contribution >= 4 is 10.8 Å². The van der Waals surface area contributed by atoms with E-state index in [4.69, 9.17) is 4.74 Å². The molecule has 0 amide bonds. The number of hydrogen-bond donors (Lipinski definition) is 1. The van der Waals surface area contributed by atoms with Crippen LogP contribution in [-0.2, 0) is 17.3 Å². The Labute approximate surface area is 140 Å². The molecule has 0 saturated carbocycles. The van der Waals surface area contributed by atoms with E-state index >= 15 is 0 Å². The van der Waals surface area contributed by atoms with Gasteiger partial charge in [-0.2, -0.15) is 0 Å². The average molecular weight is 332 g/mol. The van der Waals surface area contributed by atoms with Gasteiger partial charge in [-0.3, -0.25) is 4.21 Å². The molecule has 0 radical (unpaired) electrons. The minimum atomic E-state index is -0.938. The lowest BCUT2D eigenvalue weighted by atomic mass is 10.1. The van der Waals surface area contributed by atoms with Crippen molar-refractivity contribution in [3.05, 3.63) is 53.7 Å². The zero-order valence-corrected chi connectivity index (χ0v) is 14.9. The van der Waals surface area contributed by atoms with Crippen molar-refractivity contribution in [1.29, 1.82) is 0 Å². The molecular weight excluding hydrogens is 308 g/mol. The summed E-state index contributed by atoms with van der Waals surface area (Å²) in [7, 11) is -0.938. The lowest BCUT2D eigenvalue weighted by Gasteiger charge is -2.17. The van der Waals surface area contributed by atoms with Crippen LogP contribution in [0.1, 0.15) is 37.9 Å². The molecule has 2 atom stereocenters. The molecule has 0 aliphatic carbocycles. The number of rotatable bonds is 7. The van der Waals surface area contributed by atoms with Crippen molar-refractivity contribution in [3.8, 4) is 5.88 Å². The van der Waals surface area contributed by atoms with Gasteiger partial charge in [0.05, 0.1) is 6.10 Å². The second-order valence-corrected chi connectivity index (χ2v) is 7.14. The Hall–Kier alpha value is -1.72. The lowest BCUT2D eigenvalue weighted by molar-refractivity contribution is 0.229. The highest BCUT2D eigenvalue weighted by atomic mass is 32.2. The number of benzene rings is 1. The predicted molar refractivity (Wildman–Crippen MR) is 94.0 cm³/mol. The van der Waals surface area contributed by atoms with Gasteiger partial charge in [-0.25, -0.2) is 4.98 Å². The third kappa shape index (κ3) is 5.15. The largest absolute Gasteiger partial charge is 0.475 e. The first kappa shape index (κ1) is 17.6. The molecule has 0 saturated heterocycles. The smallest absolute Gasteiger partial charge is 0.218 e. The molecule has 5 heteroatoms. The zero-order chi connectivity index (χ0) is 16.8. The number of ether oxygens (including phenoxy) is 1. The van der Waals surface area contributed by atoms with Gasteiger partial charge in [0.25, 0.3) is 0 Å². The SMILES string of the molecule is CC(C)Oc1ncccc1CN[C@H](C)c1ccc([S@@](C)=O)cc1. The van der Waals surface area contributed by atoms with Gasteiger partial charge in [-0.15, -0.1) is 0 Å². The molecular formula is C18H24N2O2S. The van der Waals surface area contributed by atoms with Crippen LogP contribution >= 0.6 is 0 Å². The van der Waals surface area contributed by atoms with E-state index in [1.807, 2.05) is 50.2 Å². The molecule has 0 bridgehead atoms. The molecule has 0 fully saturated rings. The van der Waals surface area contributed by atoms with Gasteiger partial charge in [0, 0.05) is 46.3 Å². The summed E-state index contributed by atoms with van der Waals surface area (Å²) in [4.78, 5) is 5.15. The normalized spacial score (nSPS) is 13.8. The Kier molecular flexibility index (Phi) is 6.30. The summed E-state index contributed by atoms with van der Waals surface area (Å²) in [5.41, 5.74) is 2.20. The fraction of sp³-hybridized carbons (Fsp3) is 0.389.